The number of ether oxygens (including phenoxy) is 1. The number of likely N-dealkylation sites (tertiary alicyclic amines) is 1. The number of piperidine rings is 1. The molecule has 18 heavy (non-hydrogen) atoms. The molecule has 0 bridgehead atoms. The molecule has 0 saturated carbocycles. The van der Waals surface area contributed by atoms with Crippen molar-refractivity contribution in [2.45, 2.75) is 26.7 Å². The molecule has 0 atom stereocenters. The first-order valence-corrected chi connectivity index (χ1v) is 6.12. The van der Waals surface area contributed by atoms with Gasteiger partial charge < -0.3 is 9.64 Å². The molecular weight excluding hydrogens is 230 g/mol. The zero-order chi connectivity index (χ0) is 13.1. The van der Waals surface area contributed by atoms with Gasteiger partial charge in [0.05, 0.1) is 6.54 Å². The molecule has 1 aromatic carbocycles. The molecule has 1 heterocycles. The highest BCUT2D eigenvalue weighted by molar-refractivity contribution is 5.85. The first-order valence-electron chi connectivity index (χ1n) is 6.12. The van der Waals surface area contributed by atoms with Crippen LogP contribution in [0.2, 0.25) is 0 Å². The maximum absolute atomic E-state index is 11.9. The molecule has 96 valence electrons. The quantitative estimate of drug-likeness (QED) is 0.765. The minimum absolute atomic E-state index is 0.0964. The molecule has 1 fully saturated rings. The van der Waals surface area contributed by atoms with E-state index in [0.29, 0.717) is 18.7 Å². The van der Waals surface area contributed by atoms with Gasteiger partial charge in [-0.15, -0.1) is 0 Å². The normalized spacial score (nSPS) is 15.7. The van der Waals surface area contributed by atoms with Crippen molar-refractivity contribution in [1.82, 2.24) is 4.90 Å². The van der Waals surface area contributed by atoms with Crippen molar-refractivity contribution in [3.05, 3.63) is 29.3 Å². The summed E-state index contributed by atoms with van der Waals surface area (Å²) in [5, 5.41) is 0. The number of amides is 1. The lowest BCUT2D eigenvalue weighted by atomic mass is 10.1. The van der Waals surface area contributed by atoms with Crippen molar-refractivity contribution in [1.29, 1.82) is 0 Å². The van der Waals surface area contributed by atoms with Gasteiger partial charge in [0.2, 0.25) is 0 Å². The van der Waals surface area contributed by atoms with Crippen LogP contribution in [0.4, 0.5) is 4.79 Å². The third-order valence-corrected chi connectivity index (χ3v) is 3.26. The molecule has 0 unspecified atom stereocenters. The van der Waals surface area contributed by atoms with E-state index in [9.17, 15) is 9.59 Å². The summed E-state index contributed by atoms with van der Waals surface area (Å²) in [5.41, 5.74) is 2.03. The van der Waals surface area contributed by atoms with Gasteiger partial charge in [-0.2, -0.15) is 0 Å². The molecule has 0 aromatic heterocycles. The Bertz CT molecular complexity index is 482. The van der Waals surface area contributed by atoms with E-state index >= 15 is 0 Å². The number of hydrogen-bond donors (Lipinski definition) is 0. The van der Waals surface area contributed by atoms with E-state index in [-0.39, 0.29) is 12.3 Å². The monoisotopic (exact) mass is 247 g/mol. The SMILES string of the molecule is Cc1cccc(OC(=O)N2CCCC(=O)C2)c1C. The average molecular weight is 247 g/mol. The Kier molecular flexibility index (Phi) is 3.65. The van der Waals surface area contributed by atoms with E-state index in [1.54, 1.807) is 6.07 Å². The van der Waals surface area contributed by atoms with Gasteiger partial charge in [-0.1, -0.05) is 12.1 Å². The Morgan fingerprint density at radius 2 is 2.11 bits per heavy atom. The lowest BCUT2D eigenvalue weighted by Gasteiger charge is -2.25. The van der Waals surface area contributed by atoms with E-state index in [0.717, 1.165) is 17.5 Å². The van der Waals surface area contributed by atoms with Gasteiger partial charge in [0, 0.05) is 13.0 Å². The molecule has 2 rings (SSSR count). The van der Waals surface area contributed by atoms with Crippen LogP contribution in [-0.2, 0) is 4.79 Å². The van der Waals surface area contributed by atoms with Crippen molar-refractivity contribution in [3.63, 3.8) is 0 Å². The lowest BCUT2D eigenvalue weighted by Crippen LogP contribution is -2.41. The highest BCUT2D eigenvalue weighted by atomic mass is 16.6. The smallest absolute Gasteiger partial charge is 0.410 e. The number of nitrogens with zero attached hydrogens (tertiary/aromatic N) is 1. The van der Waals surface area contributed by atoms with Crippen LogP contribution in [-0.4, -0.2) is 29.9 Å². The molecule has 1 aliphatic heterocycles. The highest BCUT2D eigenvalue weighted by Crippen LogP contribution is 2.21. The predicted molar refractivity (Wildman–Crippen MR) is 67.8 cm³/mol. The maximum Gasteiger partial charge on any atom is 0.415 e. The minimum Gasteiger partial charge on any atom is -0.410 e. The fourth-order valence-corrected chi connectivity index (χ4v) is 1.99. The molecule has 1 saturated heterocycles. The minimum atomic E-state index is -0.434. The van der Waals surface area contributed by atoms with E-state index in [2.05, 4.69) is 0 Å². The van der Waals surface area contributed by atoms with E-state index in [4.69, 9.17) is 4.74 Å². The molecule has 0 spiro atoms. The zero-order valence-electron chi connectivity index (χ0n) is 10.7. The van der Waals surface area contributed by atoms with Crippen LogP contribution in [0.1, 0.15) is 24.0 Å². The Morgan fingerprint density at radius 3 is 2.83 bits per heavy atom. The molecule has 0 radical (unpaired) electrons. The van der Waals surface area contributed by atoms with Crippen molar-refractivity contribution in [2.24, 2.45) is 0 Å². The van der Waals surface area contributed by atoms with Gasteiger partial charge in [0.1, 0.15) is 5.75 Å². The first kappa shape index (κ1) is 12.6. The van der Waals surface area contributed by atoms with Crippen LogP contribution in [0.3, 0.4) is 0 Å². The summed E-state index contributed by atoms with van der Waals surface area (Å²) in [7, 11) is 0. The van der Waals surface area contributed by atoms with Crippen molar-refractivity contribution < 1.29 is 14.3 Å². The van der Waals surface area contributed by atoms with Crippen molar-refractivity contribution in [2.75, 3.05) is 13.1 Å². The topological polar surface area (TPSA) is 46.6 Å². The standard InChI is InChI=1S/C14H17NO3/c1-10-5-3-7-13(11(10)2)18-14(17)15-8-4-6-12(16)9-15/h3,5,7H,4,6,8-9H2,1-2H3. The van der Waals surface area contributed by atoms with Gasteiger partial charge in [0.15, 0.2) is 5.78 Å². The average Bonchev–Trinajstić information content (AvgIpc) is 2.35. The summed E-state index contributed by atoms with van der Waals surface area (Å²) < 4.78 is 5.35. The maximum atomic E-state index is 11.9. The van der Waals surface area contributed by atoms with E-state index < -0.39 is 6.09 Å². The number of aryl methyl sites for hydroxylation is 1. The summed E-state index contributed by atoms with van der Waals surface area (Å²) in [6.07, 6.45) is 0.852. The summed E-state index contributed by atoms with van der Waals surface area (Å²) in [6.45, 7) is 4.65. The number of carbonyl (C=O) groups is 2. The number of benzene rings is 1. The molecule has 4 heteroatoms. The van der Waals surface area contributed by atoms with Crippen molar-refractivity contribution >= 4 is 11.9 Å². The summed E-state index contributed by atoms with van der Waals surface area (Å²) in [6, 6.07) is 5.59. The summed E-state index contributed by atoms with van der Waals surface area (Å²) in [4.78, 5) is 24.7. The van der Waals surface area contributed by atoms with Gasteiger partial charge in [0.25, 0.3) is 0 Å². The molecule has 1 aliphatic rings. The number of hydrogen-bond acceptors (Lipinski definition) is 3. The Labute approximate surface area is 107 Å². The molecule has 0 N–H and O–H groups in total. The summed E-state index contributed by atoms with van der Waals surface area (Å²) in [5.74, 6) is 0.664. The number of Topliss-reactive ketones (excluding diaryl/α,β-unsaturated/α-hetero) is 1. The Hall–Kier alpha value is -1.84. The number of carbonyl (C=O) groups excluding carboxylic acids is 2. The van der Waals surface area contributed by atoms with Gasteiger partial charge in [-0.3, -0.25) is 4.79 Å². The molecular formula is C14H17NO3. The third-order valence-electron chi connectivity index (χ3n) is 3.26. The third kappa shape index (κ3) is 2.70. The van der Waals surface area contributed by atoms with E-state index in [1.165, 1.54) is 4.90 Å². The fraction of sp³-hybridized carbons (Fsp3) is 0.429. The Morgan fingerprint density at radius 1 is 1.33 bits per heavy atom. The molecule has 0 aliphatic carbocycles. The van der Waals surface area contributed by atoms with Crippen LogP contribution in [0.15, 0.2) is 18.2 Å². The van der Waals surface area contributed by atoms with Gasteiger partial charge in [-0.25, -0.2) is 4.79 Å². The second kappa shape index (κ2) is 5.21. The lowest BCUT2D eigenvalue weighted by molar-refractivity contribution is -0.121. The van der Waals surface area contributed by atoms with Gasteiger partial charge >= 0.3 is 6.09 Å². The summed E-state index contributed by atoms with van der Waals surface area (Å²) >= 11 is 0. The molecule has 4 nitrogen and oxygen atoms in total. The van der Waals surface area contributed by atoms with Crippen LogP contribution >= 0.6 is 0 Å². The van der Waals surface area contributed by atoms with Crippen LogP contribution in [0.5, 0.6) is 5.75 Å². The first-order chi connectivity index (χ1) is 8.58. The van der Waals surface area contributed by atoms with E-state index in [1.807, 2.05) is 26.0 Å². The van der Waals surface area contributed by atoms with Crippen LogP contribution < -0.4 is 4.74 Å². The van der Waals surface area contributed by atoms with Crippen LogP contribution in [0, 0.1) is 13.8 Å². The Balaban J connectivity index is 2.07. The largest absolute Gasteiger partial charge is 0.415 e. The second-order valence-electron chi connectivity index (χ2n) is 4.63. The van der Waals surface area contributed by atoms with Gasteiger partial charge in [-0.05, 0) is 37.5 Å². The predicted octanol–water partition coefficient (Wildman–Crippen LogP) is 2.47. The van der Waals surface area contributed by atoms with Crippen LogP contribution in [0.25, 0.3) is 0 Å². The molecule has 1 aromatic rings. The van der Waals surface area contributed by atoms with Crippen molar-refractivity contribution in [3.8, 4) is 5.75 Å². The number of rotatable bonds is 1. The zero-order valence-corrected chi connectivity index (χ0v) is 10.7. The number of ketones is 1. The second-order valence-corrected chi connectivity index (χ2v) is 4.63. The fourth-order valence-electron chi connectivity index (χ4n) is 1.99. The molecule has 1 amide bonds. The highest BCUT2D eigenvalue weighted by Gasteiger charge is 2.23.